The van der Waals surface area contributed by atoms with Crippen molar-refractivity contribution < 1.29 is 42.9 Å². The van der Waals surface area contributed by atoms with Gasteiger partial charge in [-0.1, -0.05) is 36.4 Å². The van der Waals surface area contributed by atoms with Gasteiger partial charge in [-0.05, 0) is 110 Å². The lowest BCUT2D eigenvalue weighted by Gasteiger charge is -2.34. The molecule has 0 saturated carbocycles. The van der Waals surface area contributed by atoms with Crippen LogP contribution in [0.4, 0.5) is 9.59 Å². The van der Waals surface area contributed by atoms with Gasteiger partial charge in [-0.15, -0.1) is 0 Å². The van der Waals surface area contributed by atoms with Gasteiger partial charge >= 0.3 is 12.2 Å². The molecular weight excluding hydrogens is 807 g/mol. The Kier molecular flexibility index (Phi) is 17.7. The highest BCUT2D eigenvalue weighted by molar-refractivity contribution is 5.95. The minimum Gasteiger partial charge on any atom is -0.453 e. The molecule has 2 unspecified atom stereocenters. The molecule has 0 radical (unpaired) electrons. The zero-order chi connectivity index (χ0) is 44.4. The van der Waals surface area contributed by atoms with E-state index in [1.165, 1.54) is 33.5 Å². The molecule has 4 heterocycles. The zero-order valence-electron chi connectivity index (χ0n) is 36.4. The number of fused-ring (bicyclic) bond motifs is 1. The molecule has 7 rings (SSSR count). The molecule has 1 aromatic heterocycles. The standard InChI is InChI=1S/C42H51N7O8.C5H10O/c1-55-41(53)46-26-37(50)43-18-4-3-7-36-44-25-35(47-36)33-15-14-31-22-30(12-13-32(31)23-33)27-8-10-29(11-9-27)39(51)45-24-34-6-5-19-49(34)40(52)38(48-42(54)56-2)28-16-20-57-21-17-28;1-2-4-6-5-3-1/h8-15,22-23,25,28,34,38H,3-7,16-21,24,26H2,1-2H3,(H,43,50)(H,44,47)(H,45,51)(H,46,53)(H,48,54);1-5H2. The maximum Gasteiger partial charge on any atom is 0.407 e. The van der Waals surface area contributed by atoms with Crippen LogP contribution in [0.1, 0.15) is 74.0 Å². The number of carbonyl (C=O) groups is 5. The van der Waals surface area contributed by atoms with Crippen LogP contribution in [0.5, 0.6) is 0 Å². The first-order valence-electron chi connectivity index (χ1n) is 22.1. The number of nitrogens with one attached hydrogen (secondary N) is 5. The van der Waals surface area contributed by atoms with E-state index in [0.29, 0.717) is 51.3 Å². The lowest BCUT2D eigenvalue weighted by atomic mass is 9.90. The summed E-state index contributed by atoms with van der Waals surface area (Å²) in [5.74, 6) is 0.206. The SMILES string of the molecule is C1CCOCC1.COC(=O)NCC(=O)NCCCCc1ncc(-c2ccc3cc(-c4ccc(C(=O)NCC5CCCN5C(=O)C(NC(=O)OC)C5CCOCC5)cc4)ccc3c2)[nH]1. The van der Waals surface area contributed by atoms with Crippen LogP contribution in [0.2, 0.25) is 0 Å². The highest BCUT2D eigenvalue weighted by Crippen LogP contribution is 2.29. The second-order valence-electron chi connectivity index (χ2n) is 16.0. The number of H-pyrrole nitrogens is 1. The van der Waals surface area contributed by atoms with Gasteiger partial charge < -0.3 is 50.1 Å². The fourth-order valence-corrected chi connectivity index (χ4v) is 8.11. The van der Waals surface area contributed by atoms with Crippen molar-refractivity contribution in [2.45, 2.75) is 76.3 Å². The van der Waals surface area contributed by atoms with Gasteiger partial charge in [-0.2, -0.15) is 0 Å². The number of aromatic nitrogens is 2. The lowest BCUT2D eigenvalue weighted by Crippen LogP contribution is -2.55. The van der Waals surface area contributed by atoms with Crippen molar-refractivity contribution in [3.05, 3.63) is 78.2 Å². The summed E-state index contributed by atoms with van der Waals surface area (Å²) in [6, 6.07) is 19.2. The van der Waals surface area contributed by atoms with Crippen molar-refractivity contribution in [3.63, 3.8) is 0 Å². The van der Waals surface area contributed by atoms with E-state index >= 15 is 0 Å². The molecule has 16 nitrogen and oxygen atoms in total. The Bertz CT molecular complexity index is 2120. The van der Waals surface area contributed by atoms with Gasteiger partial charge in [0, 0.05) is 69.7 Å². The number of benzene rings is 3. The molecule has 0 bridgehead atoms. The smallest absolute Gasteiger partial charge is 0.407 e. The summed E-state index contributed by atoms with van der Waals surface area (Å²) in [5.41, 5.74) is 4.49. The van der Waals surface area contributed by atoms with Crippen LogP contribution in [-0.4, -0.2) is 124 Å². The average Bonchev–Trinajstić information content (AvgIpc) is 4.02. The molecule has 63 heavy (non-hydrogen) atoms. The van der Waals surface area contributed by atoms with E-state index in [-0.39, 0.29) is 36.2 Å². The number of unbranched alkanes of at least 4 members (excludes halogenated alkanes) is 1. The van der Waals surface area contributed by atoms with Crippen LogP contribution < -0.4 is 21.3 Å². The third-order valence-electron chi connectivity index (χ3n) is 11.7. The molecule has 4 aromatic rings. The largest absolute Gasteiger partial charge is 0.453 e. The molecule has 16 heteroatoms. The van der Waals surface area contributed by atoms with E-state index < -0.39 is 18.2 Å². The first-order valence-corrected chi connectivity index (χ1v) is 22.1. The van der Waals surface area contributed by atoms with Gasteiger partial charge in [0.15, 0.2) is 0 Å². The maximum atomic E-state index is 13.7. The fourth-order valence-electron chi connectivity index (χ4n) is 8.11. The van der Waals surface area contributed by atoms with Crippen LogP contribution in [0.3, 0.4) is 0 Å². The maximum absolute atomic E-state index is 13.7. The molecule has 3 fully saturated rings. The van der Waals surface area contributed by atoms with Gasteiger partial charge in [-0.25, -0.2) is 14.6 Å². The molecule has 5 N–H and O–H groups in total. The summed E-state index contributed by atoms with van der Waals surface area (Å²) in [6.07, 6.45) is 9.77. The van der Waals surface area contributed by atoms with Gasteiger partial charge in [0.2, 0.25) is 11.8 Å². The molecule has 5 amide bonds. The minimum atomic E-state index is -0.699. The number of hydrogen-bond acceptors (Lipinski definition) is 10. The summed E-state index contributed by atoms with van der Waals surface area (Å²) in [4.78, 5) is 71.7. The molecule has 3 aromatic carbocycles. The Morgan fingerprint density at radius 3 is 2.13 bits per heavy atom. The van der Waals surface area contributed by atoms with Crippen molar-refractivity contribution in [3.8, 4) is 22.4 Å². The number of aryl methyl sites for hydroxylation is 1. The van der Waals surface area contributed by atoms with Gasteiger partial charge in [0.1, 0.15) is 11.9 Å². The summed E-state index contributed by atoms with van der Waals surface area (Å²) < 4.78 is 19.8. The van der Waals surface area contributed by atoms with Gasteiger partial charge in [0.25, 0.3) is 5.91 Å². The van der Waals surface area contributed by atoms with Crippen LogP contribution in [0.15, 0.2) is 66.9 Å². The molecule has 338 valence electrons. The summed E-state index contributed by atoms with van der Waals surface area (Å²) >= 11 is 0. The number of hydrogen-bond donors (Lipinski definition) is 5. The molecule has 2 atom stereocenters. The number of imidazole rings is 1. The van der Waals surface area contributed by atoms with Crippen LogP contribution in [0, 0.1) is 5.92 Å². The Balaban J connectivity index is 0.00000101. The summed E-state index contributed by atoms with van der Waals surface area (Å²) in [6.45, 7) is 4.36. The number of carbonyl (C=O) groups excluding carboxylic acids is 5. The number of alkyl carbamates (subject to hydrolysis) is 2. The van der Waals surface area contributed by atoms with Crippen molar-refractivity contribution in [2.24, 2.45) is 5.92 Å². The first-order chi connectivity index (χ1) is 30.7. The van der Waals surface area contributed by atoms with E-state index in [9.17, 15) is 24.0 Å². The molecular formula is C47H61N7O9. The van der Waals surface area contributed by atoms with Crippen molar-refractivity contribution in [1.29, 1.82) is 0 Å². The van der Waals surface area contributed by atoms with E-state index in [2.05, 4.69) is 72.4 Å². The highest BCUT2D eigenvalue weighted by Gasteiger charge is 2.38. The topological polar surface area (TPSA) is 202 Å². The third-order valence-corrected chi connectivity index (χ3v) is 11.7. The number of aromatic amines is 1. The summed E-state index contributed by atoms with van der Waals surface area (Å²) in [5, 5.41) is 13.1. The molecule has 0 aliphatic carbocycles. The number of methoxy groups -OCH3 is 2. The Hall–Kier alpha value is -6.00. The van der Waals surface area contributed by atoms with Crippen molar-refractivity contribution in [1.82, 2.24) is 36.1 Å². The van der Waals surface area contributed by atoms with Gasteiger partial charge in [-0.3, -0.25) is 14.4 Å². The normalized spacial score (nSPS) is 16.9. The molecule has 3 saturated heterocycles. The fraction of sp³-hybridized carbons (Fsp3) is 0.489. The second kappa shape index (κ2) is 24.0. The van der Waals surface area contributed by atoms with E-state index in [1.807, 2.05) is 30.5 Å². The number of likely N-dealkylation sites (tertiary alicyclic amines) is 1. The van der Waals surface area contributed by atoms with Crippen molar-refractivity contribution >= 4 is 40.7 Å². The van der Waals surface area contributed by atoms with Crippen LogP contribution >= 0.6 is 0 Å². The van der Waals surface area contributed by atoms with Crippen LogP contribution in [-0.2, 0) is 35.0 Å². The average molecular weight is 868 g/mol. The van der Waals surface area contributed by atoms with Crippen LogP contribution in [0.25, 0.3) is 33.2 Å². The number of ether oxygens (including phenoxy) is 4. The Morgan fingerprint density at radius 2 is 1.44 bits per heavy atom. The Morgan fingerprint density at radius 1 is 0.762 bits per heavy atom. The lowest BCUT2D eigenvalue weighted by molar-refractivity contribution is -0.136. The highest BCUT2D eigenvalue weighted by atomic mass is 16.5. The van der Waals surface area contributed by atoms with E-state index in [1.54, 1.807) is 4.90 Å². The summed E-state index contributed by atoms with van der Waals surface area (Å²) in [7, 11) is 2.53. The third kappa shape index (κ3) is 13.7. The number of rotatable bonds is 15. The number of amides is 5. The second-order valence-corrected chi connectivity index (χ2v) is 16.0. The first kappa shape index (κ1) is 46.5. The molecule has 3 aliphatic heterocycles. The van der Waals surface area contributed by atoms with Gasteiger partial charge in [0.05, 0.1) is 32.7 Å². The number of nitrogens with zero attached hydrogens (tertiary/aromatic N) is 2. The van der Waals surface area contributed by atoms with E-state index in [4.69, 9.17) is 14.2 Å². The zero-order valence-corrected chi connectivity index (χ0v) is 36.4. The Labute approximate surface area is 368 Å². The predicted octanol–water partition coefficient (Wildman–Crippen LogP) is 5.75. The van der Waals surface area contributed by atoms with Crippen molar-refractivity contribution in [2.75, 3.05) is 66.8 Å². The minimum absolute atomic E-state index is 0.0422. The quantitative estimate of drug-likeness (QED) is 0.0917. The monoisotopic (exact) mass is 867 g/mol. The van der Waals surface area contributed by atoms with E-state index in [0.717, 1.165) is 84.3 Å². The molecule has 3 aliphatic rings. The molecule has 0 spiro atoms. The predicted molar refractivity (Wildman–Crippen MR) is 238 cm³/mol.